The molecule has 2 aromatic carbocycles. The maximum atomic E-state index is 13.3. The minimum Gasteiger partial charge on any atom is -0.411 e. The number of thioether (sulfide) groups is 1. The van der Waals surface area contributed by atoms with E-state index in [1.54, 1.807) is 6.92 Å². The summed E-state index contributed by atoms with van der Waals surface area (Å²) in [6, 6.07) is 18.2. The highest BCUT2D eigenvalue weighted by molar-refractivity contribution is 7.99. The maximum Gasteiger partial charge on any atom is 0.294 e. The van der Waals surface area contributed by atoms with Crippen LogP contribution >= 0.6 is 11.8 Å². The highest BCUT2D eigenvalue weighted by Gasteiger charge is 2.24. The molecule has 0 radical (unpaired) electrons. The largest absolute Gasteiger partial charge is 0.411 e. The van der Waals surface area contributed by atoms with Gasteiger partial charge in [0.15, 0.2) is 11.6 Å². The van der Waals surface area contributed by atoms with Crippen molar-refractivity contribution in [2.75, 3.05) is 37.8 Å². The van der Waals surface area contributed by atoms with Gasteiger partial charge in [-0.05, 0) is 18.1 Å². The van der Waals surface area contributed by atoms with Crippen molar-refractivity contribution < 1.29 is 19.5 Å². The molecule has 3 N–H and O–H groups in total. The molecule has 41 heavy (non-hydrogen) atoms. The van der Waals surface area contributed by atoms with Crippen molar-refractivity contribution in [1.82, 2.24) is 14.9 Å². The molecule has 0 fully saturated rings. The van der Waals surface area contributed by atoms with Crippen molar-refractivity contribution in [3.8, 4) is 0 Å². The second-order valence-corrected chi connectivity index (χ2v) is 9.93. The minimum atomic E-state index is -1.06. The number of benzene rings is 2. The molecule has 0 aliphatic heterocycles. The fourth-order valence-corrected chi connectivity index (χ4v) is 4.60. The number of hydrogen-bond donors (Lipinski definition) is 3. The molecule has 11 nitrogen and oxygen atoms in total. The smallest absolute Gasteiger partial charge is 0.294 e. The van der Waals surface area contributed by atoms with E-state index in [-0.39, 0.29) is 49.4 Å². The van der Waals surface area contributed by atoms with Crippen LogP contribution in [0.5, 0.6) is 0 Å². The van der Waals surface area contributed by atoms with Gasteiger partial charge >= 0.3 is 0 Å². The number of amides is 1. The standard InChI is InChI=1S/C29H34N6O5S/c1-21(34-39)25(30-2)16-32-27-29(38)35(14-13-31-27)26(18-40-17-22-9-5-3-6-10-22)28(37)33-15-24(36)20-41-19-23-11-7-4-8-12-23/h3-14,26,39H,15-20H2,1-2H3,(H,31,32)(H,33,37)/b30-25?,34-21-. The first kappa shape index (κ1) is 31.2. The third-order valence-electron chi connectivity index (χ3n) is 5.99. The lowest BCUT2D eigenvalue weighted by atomic mass is 10.2. The van der Waals surface area contributed by atoms with Crippen LogP contribution in [-0.4, -0.2) is 70.4 Å². The number of ether oxygens (including phenoxy) is 1. The Kier molecular flexibility index (Phi) is 12.7. The molecule has 216 valence electrons. The summed E-state index contributed by atoms with van der Waals surface area (Å²) in [4.78, 5) is 47.2. The molecule has 1 aromatic heterocycles. The molecule has 1 amide bonds. The zero-order chi connectivity index (χ0) is 29.5. The van der Waals surface area contributed by atoms with Gasteiger partial charge in [-0.25, -0.2) is 4.98 Å². The number of aliphatic imine (C=N–C) groups is 1. The molecule has 1 atom stereocenters. The van der Waals surface area contributed by atoms with E-state index in [1.807, 2.05) is 60.7 Å². The summed E-state index contributed by atoms with van der Waals surface area (Å²) in [7, 11) is 1.54. The van der Waals surface area contributed by atoms with Crippen LogP contribution in [0.15, 0.2) is 88.0 Å². The molecule has 1 heterocycles. The number of anilines is 1. The fraction of sp³-hybridized carbons (Fsp3) is 0.310. The summed E-state index contributed by atoms with van der Waals surface area (Å²) >= 11 is 1.47. The van der Waals surface area contributed by atoms with Gasteiger partial charge in [0.05, 0.1) is 43.5 Å². The van der Waals surface area contributed by atoms with Gasteiger partial charge in [0, 0.05) is 25.2 Å². The van der Waals surface area contributed by atoms with Crippen molar-refractivity contribution in [2.45, 2.75) is 25.3 Å². The van der Waals surface area contributed by atoms with Crippen molar-refractivity contribution in [1.29, 1.82) is 0 Å². The number of nitrogens with one attached hydrogen (secondary N) is 2. The van der Waals surface area contributed by atoms with Crippen molar-refractivity contribution in [2.24, 2.45) is 10.1 Å². The first-order chi connectivity index (χ1) is 19.9. The Balaban J connectivity index is 1.68. The van der Waals surface area contributed by atoms with Gasteiger partial charge in [-0.1, -0.05) is 65.8 Å². The second-order valence-electron chi connectivity index (χ2n) is 8.95. The van der Waals surface area contributed by atoms with E-state index in [0.717, 1.165) is 11.1 Å². The van der Waals surface area contributed by atoms with Crippen LogP contribution in [0.4, 0.5) is 5.82 Å². The molecule has 0 aliphatic carbocycles. The fourth-order valence-electron chi connectivity index (χ4n) is 3.74. The molecule has 0 saturated heterocycles. The van der Waals surface area contributed by atoms with E-state index in [9.17, 15) is 14.4 Å². The Morgan fingerprint density at radius 2 is 1.76 bits per heavy atom. The molecular formula is C29H34N6O5S. The highest BCUT2D eigenvalue weighted by atomic mass is 32.2. The lowest BCUT2D eigenvalue weighted by molar-refractivity contribution is -0.128. The van der Waals surface area contributed by atoms with E-state index in [4.69, 9.17) is 9.94 Å². The van der Waals surface area contributed by atoms with Gasteiger partial charge in [0.1, 0.15) is 6.04 Å². The van der Waals surface area contributed by atoms with Crippen LogP contribution in [0.2, 0.25) is 0 Å². The summed E-state index contributed by atoms with van der Waals surface area (Å²) in [5, 5.41) is 17.7. The quantitative estimate of drug-likeness (QED) is 0.134. The number of Topliss-reactive ketones (excluding diaryl/α,β-unsaturated/α-hetero) is 1. The first-order valence-electron chi connectivity index (χ1n) is 12.9. The number of oxime groups is 1. The molecular weight excluding hydrogens is 544 g/mol. The third-order valence-corrected chi connectivity index (χ3v) is 7.05. The number of carbonyl (C=O) groups is 2. The molecule has 3 aromatic rings. The van der Waals surface area contributed by atoms with E-state index in [1.165, 1.54) is 35.8 Å². The average Bonchev–Trinajstić information content (AvgIpc) is 3.00. The SMILES string of the molecule is CN=C(CNc1nccn(C(COCc2ccccc2)C(=O)NCC(=O)CSCc2ccccc2)c1=O)/C(C)=N\O. The van der Waals surface area contributed by atoms with Crippen LogP contribution in [0.1, 0.15) is 24.1 Å². The lowest BCUT2D eigenvalue weighted by Gasteiger charge is -2.20. The predicted molar refractivity (Wildman–Crippen MR) is 161 cm³/mol. The normalized spacial score (nSPS) is 12.5. The Morgan fingerprint density at radius 3 is 2.41 bits per heavy atom. The Hall–Kier alpha value is -4.29. The number of carbonyl (C=O) groups excluding carboxylic acids is 2. The summed E-state index contributed by atoms with van der Waals surface area (Å²) in [5.74, 6) is 0.240. The predicted octanol–water partition coefficient (Wildman–Crippen LogP) is 2.95. The van der Waals surface area contributed by atoms with Gasteiger partial charge in [-0.3, -0.25) is 23.9 Å². The Bertz CT molecular complexity index is 1400. The number of aromatic nitrogens is 2. The van der Waals surface area contributed by atoms with Crippen LogP contribution in [0.25, 0.3) is 0 Å². The van der Waals surface area contributed by atoms with Gasteiger partial charge in [-0.2, -0.15) is 0 Å². The van der Waals surface area contributed by atoms with E-state index < -0.39 is 17.5 Å². The zero-order valence-electron chi connectivity index (χ0n) is 23.0. The van der Waals surface area contributed by atoms with E-state index >= 15 is 0 Å². The number of hydrogen-bond acceptors (Lipinski definition) is 10. The van der Waals surface area contributed by atoms with Crippen molar-refractivity contribution >= 4 is 40.7 Å². The minimum absolute atomic E-state index is 0.0198. The number of ketones is 1. The topological polar surface area (TPSA) is 147 Å². The van der Waals surface area contributed by atoms with Gasteiger partial charge < -0.3 is 20.6 Å². The lowest BCUT2D eigenvalue weighted by Crippen LogP contribution is -2.42. The molecule has 1 unspecified atom stereocenters. The highest BCUT2D eigenvalue weighted by Crippen LogP contribution is 2.12. The number of nitrogens with zero attached hydrogens (tertiary/aromatic N) is 4. The zero-order valence-corrected chi connectivity index (χ0v) is 23.8. The first-order valence-corrected chi connectivity index (χ1v) is 14.1. The molecule has 0 aliphatic rings. The average molecular weight is 579 g/mol. The second kappa shape index (κ2) is 16.7. The molecule has 3 rings (SSSR count). The summed E-state index contributed by atoms with van der Waals surface area (Å²) in [6.07, 6.45) is 2.79. The molecule has 0 saturated carbocycles. The van der Waals surface area contributed by atoms with Gasteiger partial charge in [-0.15, -0.1) is 11.8 Å². The van der Waals surface area contributed by atoms with E-state index in [2.05, 4.69) is 25.8 Å². The number of rotatable bonds is 16. The Morgan fingerprint density at radius 1 is 1.07 bits per heavy atom. The molecule has 0 bridgehead atoms. The molecule has 0 spiro atoms. The van der Waals surface area contributed by atoms with Crippen LogP contribution in [0.3, 0.4) is 0 Å². The summed E-state index contributed by atoms with van der Waals surface area (Å²) < 4.78 is 7.04. The summed E-state index contributed by atoms with van der Waals surface area (Å²) in [5.41, 5.74) is 2.17. The summed E-state index contributed by atoms with van der Waals surface area (Å²) in [6.45, 7) is 1.61. The van der Waals surface area contributed by atoms with E-state index in [0.29, 0.717) is 11.5 Å². The molecule has 12 heteroatoms. The Labute approximate surface area is 242 Å². The maximum absolute atomic E-state index is 13.3. The van der Waals surface area contributed by atoms with Crippen LogP contribution < -0.4 is 16.2 Å². The van der Waals surface area contributed by atoms with Crippen molar-refractivity contribution in [3.05, 3.63) is 94.5 Å². The monoisotopic (exact) mass is 578 g/mol. The van der Waals surface area contributed by atoms with Gasteiger partial charge in [0.25, 0.3) is 5.56 Å². The third kappa shape index (κ3) is 10.00. The van der Waals surface area contributed by atoms with Gasteiger partial charge in [0.2, 0.25) is 5.91 Å². The van der Waals surface area contributed by atoms with Crippen molar-refractivity contribution in [3.63, 3.8) is 0 Å². The van der Waals surface area contributed by atoms with Crippen LogP contribution in [0, 0.1) is 0 Å². The van der Waals surface area contributed by atoms with Crippen LogP contribution in [-0.2, 0) is 26.7 Å².